The van der Waals surface area contributed by atoms with Gasteiger partial charge in [0.05, 0.1) is 25.5 Å². The summed E-state index contributed by atoms with van der Waals surface area (Å²) < 4.78 is 4.79. The highest BCUT2D eigenvalue weighted by molar-refractivity contribution is 5.89. The van der Waals surface area contributed by atoms with Crippen molar-refractivity contribution in [2.45, 2.75) is 65.8 Å². The van der Waals surface area contributed by atoms with Crippen LogP contribution in [0.15, 0.2) is 0 Å². The first-order valence-electron chi connectivity index (χ1n) is 10.6. The van der Waals surface area contributed by atoms with Crippen LogP contribution < -0.4 is 5.32 Å². The van der Waals surface area contributed by atoms with Gasteiger partial charge in [0.25, 0.3) is 0 Å². The Labute approximate surface area is 179 Å². The van der Waals surface area contributed by atoms with E-state index in [0.29, 0.717) is 37.4 Å². The molecular formula is C21H37N3O6. The lowest BCUT2D eigenvalue weighted by atomic mass is 9.84. The van der Waals surface area contributed by atoms with E-state index in [0.717, 1.165) is 12.8 Å². The zero-order valence-corrected chi connectivity index (χ0v) is 18.8. The number of unbranched alkanes of at least 4 members (excludes halogenated alkanes) is 1. The summed E-state index contributed by atoms with van der Waals surface area (Å²) in [5, 5.41) is 12.9. The van der Waals surface area contributed by atoms with E-state index in [1.54, 1.807) is 4.90 Å². The zero-order valence-electron chi connectivity index (χ0n) is 18.8. The third-order valence-electron chi connectivity index (χ3n) is 5.55. The Bertz CT molecular complexity index is 596. The molecule has 2 atom stereocenters. The molecule has 0 saturated carbocycles. The number of hydrogen-bond acceptors (Lipinski definition) is 6. The molecule has 0 aliphatic carbocycles. The summed E-state index contributed by atoms with van der Waals surface area (Å²) in [6.07, 6.45) is 3.46. The molecule has 2 N–H and O–H groups in total. The van der Waals surface area contributed by atoms with Gasteiger partial charge in [-0.3, -0.25) is 24.4 Å². The Hall–Kier alpha value is -2.16. The van der Waals surface area contributed by atoms with Crippen LogP contribution in [0.25, 0.3) is 0 Å². The van der Waals surface area contributed by atoms with E-state index in [1.165, 1.54) is 7.11 Å². The van der Waals surface area contributed by atoms with E-state index >= 15 is 0 Å². The van der Waals surface area contributed by atoms with Crippen LogP contribution in [0.2, 0.25) is 0 Å². The molecule has 172 valence electrons. The van der Waals surface area contributed by atoms with Crippen LogP contribution in [0.5, 0.6) is 0 Å². The predicted octanol–water partition coefficient (Wildman–Crippen LogP) is 1.58. The third-order valence-corrected chi connectivity index (χ3v) is 5.55. The van der Waals surface area contributed by atoms with E-state index in [1.807, 2.05) is 27.7 Å². The van der Waals surface area contributed by atoms with Crippen LogP contribution >= 0.6 is 0 Å². The van der Waals surface area contributed by atoms with Gasteiger partial charge < -0.3 is 15.0 Å². The van der Waals surface area contributed by atoms with Gasteiger partial charge in [0, 0.05) is 13.1 Å². The van der Waals surface area contributed by atoms with E-state index in [9.17, 15) is 24.4 Å². The molecule has 0 spiro atoms. The summed E-state index contributed by atoms with van der Waals surface area (Å²) in [5.41, 5.74) is -0.537. The fourth-order valence-corrected chi connectivity index (χ4v) is 3.62. The van der Waals surface area contributed by atoms with Gasteiger partial charge >= 0.3 is 5.97 Å². The van der Waals surface area contributed by atoms with Crippen molar-refractivity contribution in [3.8, 4) is 0 Å². The van der Waals surface area contributed by atoms with Crippen LogP contribution in [0.1, 0.15) is 59.8 Å². The van der Waals surface area contributed by atoms with Crippen LogP contribution in [0.4, 0.5) is 0 Å². The highest BCUT2D eigenvalue weighted by atomic mass is 16.5. The van der Waals surface area contributed by atoms with Gasteiger partial charge in [-0.05, 0) is 24.7 Å². The maximum Gasteiger partial charge on any atom is 0.308 e. The van der Waals surface area contributed by atoms with Gasteiger partial charge in [0.2, 0.25) is 18.2 Å². The van der Waals surface area contributed by atoms with Crippen molar-refractivity contribution in [2.75, 3.05) is 26.7 Å². The molecule has 1 heterocycles. The standard InChI is InChI=1S/C21H37N3O6/c1-6-7-8-16(13-24(29)14-25)18(26)22-17(21(2,3)4)19(27)23-11-9-15(10-12-23)20(28)30-5/h14-17,29H,6-13H2,1-5H3,(H,22,26)/t16?,17-/m1/s1. The number of hydroxylamine groups is 2. The normalized spacial score (nSPS) is 17.1. The number of esters is 1. The van der Waals surface area contributed by atoms with Gasteiger partial charge in [0.1, 0.15) is 6.04 Å². The van der Waals surface area contributed by atoms with Crippen LogP contribution in [0, 0.1) is 17.3 Å². The molecule has 0 radical (unpaired) electrons. The molecule has 0 aromatic heterocycles. The van der Waals surface area contributed by atoms with E-state index in [4.69, 9.17) is 4.74 Å². The van der Waals surface area contributed by atoms with Gasteiger partial charge in [-0.15, -0.1) is 0 Å². The van der Waals surface area contributed by atoms with Crippen molar-refractivity contribution >= 4 is 24.2 Å². The van der Waals surface area contributed by atoms with Crippen molar-refractivity contribution in [3.63, 3.8) is 0 Å². The van der Waals surface area contributed by atoms with Crippen molar-refractivity contribution in [3.05, 3.63) is 0 Å². The second kappa shape index (κ2) is 11.9. The van der Waals surface area contributed by atoms with Crippen LogP contribution in [-0.2, 0) is 23.9 Å². The number of carbonyl (C=O) groups is 4. The van der Waals surface area contributed by atoms with Gasteiger partial charge in [0.15, 0.2) is 0 Å². The number of nitrogens with zero attached hydrogens (tertiary/aromatic N) is 2. The average molecular weight is 428 g/mol. The predicted molar refractivity (Wildman–Crippen MR) is 110 cm³/mol. The molecular weight excluding hydrogens is 390 g/mol. The second-order valence-electron chi connectivity index (χ2n) is 9.00. The van der Waals surface area contributed by atoms with E-state index < -0.39 is 17.4 Å². The third kappa shape index (κ3) is 7.59. The first kappa shape index (κ1) is 25.9. The minimum atomic E-state index is -0.757. The minimum absolute atomic E-state index is 0.120. The Morgan fingerprint density at radius 3 is 2.33 bits per heavy atom. The number of likely N-dealkylation sites (tertiary alicyclic amines) is 1. The monoisotopic (exact) mass is 427 g/mol. The molecule has 1 unspecified atom stereocenters. The Morgan fingerprint density at radius 2 is 1.87 bits per heavy atom. The van der Waals surface area contributed by atoms with Gasteiger partial charge in [-0.25, -0.2) is 5.06 Å². The quantitative estimate of drug-likeness (QED) is 0.237. The van der Waals surface area contributed by atoms with Gasteiger partial charge in [-0.1, -0.05) is 40.5 Å². The number of hydrogen-bond donors (Lipinski definition) is 2. The fourth-order valence-electron chi connectivity index (χ4n) is 3.62. The molecule has 30 heavy (non-hydrogen) atoms. The molecule has 1 saturated heterocycles. The fraction of sp³-hybridized carbons (Fsp3) is 0.810. The van der Waals surface area contributed by atoms with Crippen molar-refractivity contribution in [1.82, 2.24) is 15.3 Å². The molecule has 1 aliphatic rings. The summed E-state index contributed by atoms with van der Waals surface area (Å²) in [5.74, 6) is -1.63. The maximum absolute atomic E-state index is 13.2. The number of ether oxygens (including phenoxy) is 1. The SMILES string of the molecule is CCCCC(CN(O)C=O)C(=O)N[C@H](C(=O)N1CCC(C(=O)OC)CC1)C(C)(C)C. The zero-order chi connectivity index (χ0) is 22.9. The summed E-state index contributed by atoms with van der Waals surface area (Å²) in [6, 6.07) is -0.757. The number of carbonyl (C=O) groups excluding carboxylic acids is 4. The number of methoxy groups -OCH3 is 1. The topological polar surface area (TPSA) is 116 Å². The number of nitrogens with one attached hydrogen (secondary N) is 1. The Balaban J connectivity index is 2.87. The highest BCUT2D eigenvalue weighted by Crippen LogP contribution is 2.25. The van der Waals surface area contributed by atoms with Crippen LogP contribution in [0.3, 0.4) is 0 Å². The molecule has 9 nitrogen and oxygen atoms in total. The van der Waals surface area contributed by atoms with E-state index in [-0.39, 0.29) is 36.7 Å². The molecule has 0 aromatic carbocycles. The Morgan fingerprint density at radius 1 is 1.27 bits per heavy atom. The maximum atomic E-state index is 13.2. The summed E-state index contributed by atoms with van der Waals surface area (Å²) in [4.78, 5) is 50.3. The summed E-state index contributed by atoms with van der Waals surface area (Å²) in [7, 11) is 1.36. The van der Waals surface area contributed by atoms with Crippen LogP contribution in [-0.4, -0.2) is 72.2 Å². The van der Waals surface area contributed by atoms with Gasteiger partial charge in [-0.2, -0.15) is 0 Å². The number of piperidine rings is 1. The van der Waals surface area contributed by atoms with Crippen molar-refractivity contribution < 1.29 is 29.1 Å². The number of amides is 3. The lowest BCUT2D eigenvalue weighted by Gasteiger charge is -2.38. The molecule has 0 aromatic rings. The number of rotatable bonds is 10. The second-order valence-corrected chi connectivity index (χ2v) is 9.00. The molecule has 1 aliphatic heterocycles. The molecule has 1 rings (SSSR count). The van der Waals surface area contributed by atoms with Crippen molar-refractivity contribution in [2.24, 2.45) is 17.3 Å². The van der Waals surface area contributed by atoms with Crippen molar-refractivity contribution in [1.29, 1.82) is 0 Å². The highest BCUT2D eigenvalue weighted by Gasteiger charge is 2.38. The minimum Gasteiger partial charge on any atom is -0.469 e. The first-order valence-corrected chi connectivity index (χ1v) is 10.6. The Kier molecular flexibility index (Phi) is 10.2. The molecule has 1 fully saturated rings. The lowest BCUT2D eigenvalue weighted by Crippen LogP contribution is -2.57. The largest absolute Gasteiger partial charge is 0.469 e. The smallest absolute Gasteiger partial charge is 0.308 e. The lowest BCUT2D eigenvalue weighted by molar-refractivity contribution is -0.155. The average Bonchev–Trinajstić information content (AvgIpc) is 2.72. The molecule has 0 bridgehead atoms. The summed E-state index contributed by atoms with van der Waals surface area (Å²) in [6.45, 7) is 8.35. The summed E-state index contributed by atoms with van der Waals surface area (Å²) >= 11 is 0. The van der Waals surface area contributed by atoms with E-state index in [2.05, 4.69) is 5.32 Å². The first-order chi connectivity index (χ1) is 14.0. The molecule has 9 heteroatoms. The molecule has 3 amide bonds.